The van der Waals surface area contributed by atoms with Crippen LogP contribution in [-0.4, -0.2) is 38.8 Å². The van der Waals surface area contributed by atoms with Crippen LogP contribution in [0.15, 0.2) is 30.3 Å². The van der Waals surface area contributed by atoms with Gasteiger partial charge < -0.3 is 14.8 Å². The molecule has 2 aromatic rings. The Morgan fingerprint density at radius 3 is 2.84 bits per heavy atom. The molecule has 0 bridgehead atoms. The van der Waals surface area contributed by atoms with Gasteiger partial charge in [-0.2, -0.15) is 0 Å². The Labute approximate surface area is 148 Å². The second kappa shape index (κ2) is 7.25. The Bertz CT molecular complexity index is 727. The number of benzene rings is 1. The second-order valence-corrected chi connectivity index (χ2v) is 6.97. The minimum atomic E-state index is 0.0176. The highest BCUT2D eigenvalue weighted by Gasteiger charge is 2.22. The van der Waals surface area contributed by atoms with Crippen LogP contribution in [-0.2, 0) is 19.5 Å². The predicted octanol–water partition coefficient (Wildman–Crippen LogP) is 2.70. The first-order chi connectivity index (χ1) is 12.3. The van der Waals surface area contributed by atoms with Gasteiger partial charge in [0.25, 0.3) is 0 Å². The van der Waals surface area contributed by atoms with Crippen molar-refractivity contribution >= 4 is 6.03 Å². The van der Waals surface area contributed by atoms with E-state index in [1.165, 1.54) is 5.56 Å². The number of carbonyl (C=O) groups is 1. The van der Waals surface area contributed by atoms with Crippen LogP contribution in [0.5, 0.6) is 0 Å². The summed E-state index contributed by atoms with van der Waals surface area (Å²) in [6, 6.07) is 10.7. The summed E-state index contributed by atoms with van der Waals surface area (Å²) in [4.78, 5) is 14.5. The van der Waals surface area contributed by atoms with Crippen molar-refractivity contribution in [1.82, 2.24) is 25.0 Å². The van der Waals surface area contributed by atoms with Gasteiger partial charge in [0.05, 0.1) is 6.54 Å². The molecule has 1 N–H and O–H groups in total. The number of carbonyl (C=O) groups excluding carboxylic acids is 1. The monoisotopic (exact) mass is 339 g/mol. The normalized spacial score (nSPS) is 20.2. The van der Waals surface area contributed by atoms with Gasteiger partial charge in [0.1, 0.15) is 5.82 Å². The average Bonchev–Trinajstić information content (AvgIpc) is 3.17. The van der Waals surface area contributed by atoms with Crippen molar-refractivity contribution in [2.75, 3.05) is 13.1 Å². The van der Waals surface area contributed by atoms with E-state index in [-0.39, 0.29) is 6.03 Å². The van der Waals surface area contributed by atoms with Gasteiger partial charge in [-0.05, 0) is 37.2 Å². The highest BCUT2D eigenvalue weighted by atomic mass is 16.2. The van der Waals surface area contributed by atoms with E-state index >= 15 is 0 Å². The van der Waals surface area contributed by atoms with Gasteiger partial charge in [0, 0.05) is 26.1 Å². The summed E-state index contributed by atoms with van der Waals surface area (Å²) < 4.78 is 2.13. The first kappa shape index (κ1) is 16.1. The fourth-order valence-corrected chi connectivity index (χ4v) is 3.97. The van der Waals surface area contributed by atoms with Crippen LogP contribution in [0.3, 0.4) is 0 Å². The van der Waals surface area contributed by atoms with E-state index in [1.54, 1.807) is 0 Å². The first-order valence-corrected chi connectivity index (χ1v) is 9.30. The lowest BCUT2D eigenvalue weighted by molar-refractivity contribution is 0.198. The predicted molar refractivity (Wildman–Crippen MR) is 95.2 cm³/mol. The summed E-state index contributed by atoms with van der Waals surface area (Å²) in [5.41, 5.74) is 1.39. The lowest BCUT2D eigenvalue weighted by Crippen LogP contribution is -2.40. The molecule has 0 saturated carbocycles. The number of nitrogens with one attached hydrogen (secondary N) is 1. The zero-order valence-corrected chi connectivity index (χ0v) is 14.5. The van der Waals surface area contributed by atoms with Crippen molar-refractivity contribution in [3.05, 3.63) is 47.5 Å². The SMILES string of the molecule is O=C(NCc1nnc2n1CCC2)N1CCCC(c2ccccc2)CC1. The van der Waals surface area contributed by atoms with Gasteiger partial charge in [-0.1, -0.05) is 30.3 Å². The maximum atomic E-state index is 12.5. The van der Waals surface area contributed by atoms with E-state index in [0.717, 1.165) is 63.4 Å². The van der Waals surface area contributed by atoms with E-state index in [0.29, 0.717) is 12.5 Å². The molecule has 2 aliphatic heterocycles. The molecule has 4 rings (SSSR count). The second-order valence-electron chi connectivity index (χ2n) is 6.97. The van der Waals surface area contributed by atoms with E-state index in [2.05, 4.69) is 50.4 Å². The van der Waals surface area contributed by atoms with Crippen molar-refractivity contribution < 1.29 is 4.79 Å². The highest BCUT2D eigenvalue weighted by molar-refractivity contribution is 5.74. The van der Waals surface area contributed by atoms with Crippen molar-refractivity contribution in [2.45, 2.75) is 51.1 Å². The Hall–Kier alpha value is -2.37. The topological polar surface area (TPSA) is 63.1 Å². The molecule has 132 valence electrons. The van der Waals surface area contributed by atoms with Gasteiger partial charge >= 0.3 is 6.03 Å². The zero-order chi connectivity index (χ0) is 17.1. The molecule has 1 atom stereocenters. The van der Waals surface area contributed by atoms with Crippen LogP contribution in [0.2, 0.25) is 0 Å². The lowest BCUT2D eigenvalue weighted by atomic mass is 9.92. The van der Waals surface area contributed by atoms with Crippen LogP contribution in [0.25, 0.3) is 0 Å². The van der Waals surface area contributed by atoms with Crippen LogP contribution in [0, 0.1) is 0 Å². The molecule has 3 heterocycles. The fraction of sp³-hybridized carbons (Fsp3) is 0.526. The summed E-state index contributed by atoms with van der Waals surface area (Å²) in [5, 5.41) is 11.4. The number of hydrogen-bond acceptors (Lipinski definition) is 3. The smallest absolute Gasteiger partial charge is 0.317 e. The van der Waals surface area contributed by atoms with Crippen molar-refractivity contribution in [3.8, 4) is 0 Å². The average molecular weight is 339 g/mol. The van der Waals surface area contributed by atoms with Gasteiger partial charge in [-0.15, -0.1) is 10.2 Å². The summed E-state index contributed by atoms with van der Waals surface area (Å²) in [5.74, 6) is 2.47. The number of nitrogens with zero attached hydrogens (tertiary/aromatic N) is 4. The highest BCUT2D eigenvalue weighted by Crippen LogP contribution is 2.27. The number of amides is 2. The Kier molecular flexibility index (Phi) is 4.68. The van der Waals surface area contributed by atoms with Crippen LogP contribution >= 0.6 is 0 Å². The molecule has 2 aliphatic rings. The number of likely N-dealkylation sites (tertiary alicyclic amines) is 1. The molecule has 1 aromatic carbocycles. The molecule has 6 nitrogen and oxygen atoms in total. The molecule has 1 saturated heterocycles. The fourth-order valence-electron chi connectivity index (χ4n) is 3.97. The number of fused-ring (bicyclic) bond motifs is 1. The van der Waals surface area contributed by atoms with E-state index in [9.17, 15) is 4.79 Å². The molecule has 25 heavy (non-hydrogen) atoms. The molecule has 1 unspecified atom stereocenters. The molecule has 0 spiro atoms. The number of aromatic nitrogens is 3. The summed E-state index contributed by atoms with van der Waals surface area (Å²) in [7, 11) is 0. The third-order valence-corrected chi connectivity index (χ3v) is 5.37. The van der Waals surface area contributed by atoms with Gasteiger partial charge in [0.15, 0.2) is 5.82 Å². The maximum absolute atomic E-state index is 12.5. The Morgan fingerprint density at radius 1 is 1.08 bits per heavy atom. The lowest BCUT2D eigenvalue weighted by Gasteiger charge is -2.21. The number of hydrogen-bond donors (Lipinski definition) is 1. The molecular formula is C19H25N5O. The van der Waals surface area contributed by atoms with Crippen LogP contribution in [0.1, 0.15) is 48.8 Å². The van der Waals surface area contributed by atoms with Gasteiger partial charge in [0.2, 0.25) is 0 Å². The maximum Gasteiger partial charge on any atom is 0.317 e. The molecule has 1 aromatic heterocycles. The van der Waals surface area contributed by atoms with Gasteiger partial charge in [-0.25, -0.2) is 4.79 Å². The van der Waals surface area contributed by atoms with E-state index in [4.69, 9.17) is 0 Å². The number of urea groups is 1. The minimum absolute atomic E-state index is 0.0176. The quantitative estimate of drug-likeness (QED) is 0.935. The van der Waals surface area contributed by atoms with Crippen molar-refractivity contribution in [1.29, 1.82) is 0 Å². The molecule has 6 heteroatoms. The molecule has 0 aliphatic carbocycles. The van der Waals surface area contributed by atoms with Crippen LogP contribution in [0.4, 0.5) is 4.79 Å². The standard InChI is InChI=1S/C19H25N5O/c25-19(20-14-18-22-21-17-9-5-12-24(17)18)23-11-4-8-16(10-13-23)15-6-2-1-3-7-15/h1-3,6-7,16H,4-5,8-14H2,(H,20,25). The third-order valence-electron chi connectivity index (χ3n) is 5.37. The minimum Gasteiger partial charge on any atom is -0.331 e. The summed E-state index contributed by atoms with van der Waals surface area (Å²) >= 11 is 0. The summed E-state index contributed by atoms with van der Waals surface area (Å²) in [6.07, 6.45) is 5.34. The number of rotatable bonds is 3. The van der Waals surface area contributed by atoms with E-state index in [1.807, 2.05) is 4.90 Å². The van der Waals surface area contributed by atoms with E-state index < -0.39 is 0 Å². The van der Waals surface area contributed by atoms with Crippen molar-refractivity contribution in [3.63, 3.8) is 0 Å². The van der Waals surface area contributed by atoms with Gasteiger partial charge in [-0.3, -0.25) is 0 Å². The van der Waals surface area contributed by atoms with Crippen LogP contribution < -0.4 is 5.32 Å². The first-order valence-electron chi connectivity index (χ1n) is 9.30. The zero-order valence-electron chi connectivity index (χ0n) is 14.5. The molecule has 1 fully saturated rings. The molecular weight excluding hydrogens is 314 g/mol. The summed E-state index contributed by atoms with van der Waals surface area (Å²) in [6.45, 7) is 3.07. The van der Waals surface area contributed by atoms with Crippen molar-refractivity contribution in [2.24, 2.45) is 0 Å². The Balaban J connectivity index is 1.32. The largest absolute Gasteiger partial charge is 0.331 e. The molecule has 2 amide bonds. The molecule has 0 radical (unpaired) electrons. The number of aryl methyl sites for hydroxylation is 1. The third kappa shape index (κ3) is 3.52. The Morgan fingerprint density at radius 2 is 1.96 bits per heavy atom.